The fourth-order valence-corrected chi connectivity index (χ4v) is 6.43. The van der Waals surface area contributed by atoms with Crippen LogP contribution in [0.15, 0.2) is 23.8 Å². The van der Waals surface area contributed by atoms with Gasteiger partial charge in [0.2, 0.25) is 5.91 Å². The van der Waals surface area contributed by atoms with E-state index in [1.165, 1.54) is 12.0 Å². The van der Waals surface area contributed by atoms with E-state index < -0.39 is 5.60 Å². The fourth-order valence-electron chi connectivity index (χ4n) is 5.53. The molecular formula is C26H43NO3S. The number of rotatable bonds is 11. The molecular weight excluding hydrogens is 406 g/mol. The van der Waals surface area contributed by atoms with Gasteiger partial charge in [0.1, 0.15) is 0 Å². The number of hydrogen-bond donors (Lipinski definition) is 2. The highest BCUT2D eigenvalue weighted by molar-refractivity contribution is 7.99. The number of thioether (sulfide) groups is 1. The van der Waals surface area contributed by atoms with Crippen LogP contribution in [0, 0.1) is 17.8 Å². The van der Waals surface area contributed by atoms with E-state index in [1.807, 2.05) is 11.8 Å². The van der Waals surface area contributed by atoms with E-state index in [0.29, 0.717) is 29.9 Å². The van der Waals surface area contributed by atoms with Gasteiger partial charge in [0.05, 0.1) is 17.5 Å². The summed E-state index contributed by atoms with van der Waals surface area (Å²) in [4.78, 5) is 14.3. The van der Waals surface area contributed by atoms with E-state index in [-0.39, 0.29) is 12.0 Å². The molecule has 4 nitrogen and oxygen atoms in total. The lowest BCUT2D eigenvalue weighted by Gasteiger charge is -2.26. The van der Waals surface area contributed by atoms with Gasteiger partial charge in [-0.05, 0) is 75.9 Å². The zero-order chi connectivity index (χ0) is 22.3. The van der Waals surface area contributed by atoms with Crippen LogP contribution in [0.3, 0.4) is 0 Å². The topological polar surface area (TPSA) is 60.8 Å². The van der Waals surface area contributed by atoms with Gasteiger partial charge in [0, 0.05) is 19.0 Å². The quantitative estimate of drug-likeness (QED) is 0.346. The van der Waals surface area contributed by atoms with Gasteiger partial charge in [-0.25, -0.2) is 0 Å². The molecule has 1 saturated heterocycles. The molecule has 0 radical (unpaired) electrons. The van der Waals surface area contributed by atoms with Gasteiger partial charge < -0.3 is 15.1 Å². The molecule has 0 unspecified atom stereocenters. The maximum atomic E-state index is 12.3. The first-order chi connectivity index (χ1) is 14.9. The summed E-state index contributed by atoms with van der Waals surface area (Å²) >= 11 is 1.77. The summed E-state index contributed by atoms with van der Waals surface area (Å²) in [6.07, 6.45) is 16.6. The van der Waals surface area contributed by atoms with Gasteiger partial charge >= 0.3 is 0 Å². The summed E-state index contributed by atoms with van der Waals surface area (Å²) in [5, 5.41) is 21.1. The van der Waals surface area contributed by atoms with Crippen LogP contribution in [0.1, 0.15) is 78.1 Å². The highest BCUT2D eigenvalue weighted by Gasteiger charge is 2.43. The summed E-state index contributed by atoms with van der Waals surface area (Å²) < 4.78 is 0. The second-order valence-electron chi connectivity index (χ2n) is 10.2. The average Bonchev–Trinajstić information content (AvgIpc) is 3.27. The van der Waals surface area contributed by atoms with Crippen molar-refractivity contribution >= 4 is 17.7 Å². The van der Waals surface area contributed by atoms with E-state index in [9.17, 15) is 15.0 Å². The number of hydrogen-bond acceptors (Lipinski definition) is 4. The molecule has 176 valence electrons. The number of unbranched alkanes of at least 4 members (excludes halogenated alkanes) is 1. The van der Waals surface area contributed by atoms with Crippen LogP contribution in [0.5, 0.6) is 0 Å². The maximum Gasteiger partial charge on any atom is 0.232 e. The second-order valence-corrected chi connectivity index (χ2v) is 11.3. The van der Waals surface area contributed by atoms with Crippen molar-refractivity contribution < 1.29 is 15.0 Å². The normalized spacial score (nSPS) is 30.5. The van der Waals surface area contributed by atoms with Crippen LogP contribution in [-0.2, 0) is 4.79 Å². The van der Waals surface area contributed by atoms with Crippen molar-refractivity contribution in [2.45, 2.75) is 89.8 Å². The number of carbonyl (C=O) groups is 1. The van der Waals surface area contributed by atoms with Gasteiger partial charge in [-0.15, -0.1) is 0 Å². The van der Waals surface area contributed by atoms with E-state index in [2.05, 4.69) is 25.2 Å². The number of aliphatic hydroxyl groups is 2. The Morgan fingerprint density at radius 2 is 2.10 bits per heavy atom. The van der Waals surface area contributed by atoms with E-state index in [1.54, 1.807) is 11.8 Å². The standard InChI is InChI=1S/C26H43NO3S/c1-3-4-11-26(2,30)12-8-9-22-23-17-20(16-21(23)18-24(22)28)10-15-31-19-25(29)27-13-6-5-7-14-27/h8-9,16,21-24,28,30H,3-7,10-15,17-19H2,1-2H3/b9-8+/t21-,22+,23-,24+,26-/m0/s1. The molecule has 2 N–H and O–H groups in total. The molecule has 0 spiro atoms. The maximum absolute atomic E-state index is 12.3. The van der Waals surface area contributed by atoms with Gasteiger partial charge in [-0.2, -0.15) is 11.8 Å². The first kappa shape index (κ1) is 24.9. The number of allylic oxidation sites excluding steroid dienone is 2. The lowest BCUT2D eigenvalue weighted by atomic mass is 9.88. The lowest BCUT2D eigenvalue weighted by molar-refractivity contribution is -0.129. The molecule has 31 heavy (non-hydrogen) atoms. The molecule has 1 heterocycles. The van der Waals surface area contributed by atoms with Gasteiger partial charge in [0.15, 0.2) is 0 Å². The minimum Gasteiger partial charge on any atom is -0.392 e. The number of nitrogens with zero attached hydrogens (tertiary/aromatic N) is 1. The smallest absolute Gasteiger partial charge is 0.232 e. The number of piperidine rings is 1. The minimum absolute atomic E-state index is 0.203. The number of aliphatic hydroxyl groups excluding tert-OH is 1. The third kappa shape index (κ3) is 7.36. The zero-order valence-corrected chi connectivity index (χ0v) is 20.4. The summed E-state index contributed by atoms with van der Waals surface area (Å²) in [6, 6.07) is 0. The molecule has 2 aliphatic carbocycles. The summed E-state index contributed by atoms with van der Waals surface area (Å²) in [7, 11) is 0. The average molecular weight is 450 g/mol. The third-order valence-corrected chi connectivity index (χ3v) is 8.38. The SMILES string of the molecule is CCCC[C@](C)(O)C/C=C/[C@@H]1[C@H]2CC(CCSCC(=O)N3CCCCC3)=C[C@H]2C[C@H]1O. The first-order valence-corrected chi connectivity index (χ1v) is 13.7. The van der Waals surface area contributed by atoms with E-state index >= 15 is 0 Å². The van der Waals surface area contributed by atoms with Gasteiger partial charge in [0.25, 0.3) is 0 Å². The molecule has 0 aromatic rings. The fraction of sp³-hybridized carbons (Fsp3) is 0.808. The Labute approximate surface area is 193 Å². The van der Waals surface area contributed by atoms with Crippen molar-refractivity contribution in [2.24, 2.45) is 17.8 Å². The van der Waals surface area contributed by atoms with E-state index in [0.717, 1.165) is 70.2 Å². The van der Waals surface area contributed by atoms with Gasteiger partial charge in [-0.3, -0.25) is 4.79 Å². The van der Waals surface area contributed by atoms with Crippen LogP contribution in [0.2, 0.25) is 0 Å². The van der Waals surface area contributed by atoms with Crippen LogP contribution in [-0.4, -0.2) is 57.3 Å². The monoisotopic (exact) mass is 449 g/mol. The zero-order valence-electron chi connectivity index (χ0n) is 19.6. The molecule has 5 heteroatoms. The Kier molecular flexibility index (Phi) is 9.54. The Bertz CT molecular complexity index is 639. The predicted octanol–water partition coefficient (Wildman–Crippen LogP) is 4.95. The van der Waals surface area contributed by atoms with Crippen LogP contribution in [0.25, 0.3) is 0 Å². The van der Waals surface area contributed by atoms with Crippen molar-refractivity contribution in [3.63, 3.8) is 0 Å². The Morgan fingerprint density at radius 3 is 2.84 bits per heavy atom. The van der Waals surface area contributed by atoms with E-state index in [4.69, 9.17) is 0 Å². The molecule has 3 rings (SSSR count). The van der Waals surface area contributed by atoms with Crippen molar-refractivity contribution in [3.05, 3.63) is 23.8 Å². The molecule has 5 atom stereocenters. The summed E-state index contributed by atoms with van der Waals surface area (Å²) in [5.41, 5.74) is 0.866. The molecule has 0 aromatic carbocycles. The number of fused-ring (bicyclic) bond motifs is 1. The highest BCUT2D eigenvalue weighted by atomic mass is 32.2. The molecule has 1 aliphatic heterocycles. The van der Waals surface area contributed by atoms with Crippen molar-refractivity contribution in [2.75, 3.05) is 24.6 Å². The largest absolute Gasteiger partial charge is 0.392 e. The molecule has 1 amide bonds. The van der Waals surface area contributed by atoms with Crippen molar-refractivity contribution in [1.29, 1.82) is 0 Å². The third-order valence-electron chi connectivity index (χ3n) is 7.44. The molecule has 0 bridgehead atoms. The van der Waals surface area contributed by atoms with Crippen LogP contribution >= 0.6 is 11.8 Å². The number of likely N-dealkylation sites (tertiary alicyclic amines) is 1. The number of carbonyl (C=O) groups excluding carboxylic acids is 1. The van der Waals surface area contributed by atoms with Gasteiger partial charge in [-0.1, -0.05) is 43.6 Å². The summed E-state index contributed by atoms with van der Waals surface area (Å²) in [6.45, 7) is 5.96. The minimum atomic E-state index is -0.641. The van der Waals surface area contributed by atoms with Crippen molar-refractivity contribution in [3.8, 4) is 0 Å². The molecule has 0 aromatic heterocycles. The highest BCUT2D eigenvalue weighted by Crippen LogP contribution is 2.48. The Balaban J connectivity index is 1.39. The molecule has 2 fully saturated rings. The summed E-state index contributed by atoms with van der Waals surface area (Å²) in [5.74, 6) is 3.12. The van der Waals surface area contributed by atoms with Crippen LogP contribution < -0.4 is 0 Å². The number of amides is 1. The predicted molar refractivity (Wildman–Crippen MR) is 130 cm³/mol. The Hall–Kier alpha value is -0.780. The van der Waals surface area contributed by atoms with Crippen LogP contribution in [0.4, 0.5) is 0 Å². The molecule has 1 saturated carbocycles. The first-order valence-electron chi connectivity index (χ1n) is 12.5. The second kappa shape index (κ2) is 11.9. The lowest BCUT2D eigenvalue weighted by Crippen LogP contribution is -2.36. The Morgan fingerprint density at radius 1 is 1.32 bits per heavy atom. The van der Waals surface area contributed by atoms with Crippen molar-refractivity contribution in [1.82, 2.24) is 4.90 Å². The molecule has 3 aliphatic rings.